The molecule has 0 aliphatic rings. The Balaban J connectivity index is 4.57. The molecule has 0 saturated heterocycles. The van der Waals surface area contributed by atoms with Crippen LogP contribution in [0, 0.1) is 5.92 Å². The Labute approximate surface area is 100 Å². The van der Waals surface area contributed by atoms with Crippen LogP contribution in [0.25, 0.3) is 0 Å². The van der Waals surface area contributed by atoms with Crippen LogP contribution in [0.4, 0.5) is 0 Å². The van der Waals surface area contributed by atoms with Gasteiger partial charge in [-0.15, -0.1) is 0 Å². The number of ether oxygens (including phenoxy) is 1. The van der Waals surface area contributed by atoms with Gasteiger partial charge in [0.1, 0.15) is 5.76 Å². The van der Waals surface area contributed by atoms with Crippen molar-refractivity contribution >= 4 is 15.9 Å². The van der Waals surface area contributed by atoms with Crippen LogP contribution in [0.15, 0.2) is 36.1 Å². The molecule has 0 heterocycles. The SMILES string of the molecule is C=C/C=C(OCC(C)C)\C(=C/CBr)CO. The van der Waals surface area contributed by atoms with E-state index in [0.717, 1.165) is 5.57 Å². The Hall–Kier alpha value is -0.540. The van der Waals surface area contributed by atoms with E-state index in [4.69, 9.17) is 4.74 Å². The van der Waals surface area contributed by atoms with Crippen molar-refractivity contribution in [1.82, 2.24) is 0 Å². The van der Waals surface area contributed by atoms with Crippen molar-refractivity contribution in [2.75, 3.05) is 18.5 Å². The molecule has 15 heavy (non-hydrogen) atoms. The molecular formula is C12H19BrO2. The smallest absolute Gasteiger partial charge is 0.124 e. The van der Waals surface area contributed by atoms with Crippen LogP contribution < -0.4 is 0 Å². The van der Waals surface area contributed by atoms with Gasteiger partial charge in [-0.25, -0.2) is 0 Å². The second kappa shape index (κ2) is 8.74. The molecule has 3 heteroatoms. The number of aliphatic hydroxyl groups excluding tert-OH is 1. The van der Waals surface area contributed by atoms with E-state index >= 15 is 0 Å². The standard InChI is InChI=1S/C12H19BrO2/c1-4-5-12(15-9-10(2)3)11(8-14)6-7-13/h4-6,10,14H,1,7-9H2,2-3H3/b11-6-,12-5+. The molecule has 0 rings (SSSR count). The Bertz CT molecular complexity index is 242. The molecule has 0 radical (unpaired) electrons. The molecular weight excluding hydrogens is 256 g/mol. The highest BCUT2D eigenvalue weighted by Gasteiger charge is 2.05. The summed E-state index contributed by atoms with van der Waals surface area (Å²) < 4.78 is 5.59. The summed E-state index contributed by atoms with van der Waals surface area (Å²) in [7, 11) is 0. The molecule has 2 nitrogen and oxygen atoms in total. The lowest BCUT2D eigenvalue weighted by molar-refractivity contribution is 0.179. The van der Waals surface area contributed by atoms with Crippen LogP contribution in [0.1, 0.15) is 13.8 Å². The molecule has 0 saturated carbocycles. The first kappa shape index (κ1) is 14.5. The molecule has 86 valence electrons. The lowest BCUT2D eigenvalue weighted by Crippen LogP contribution is -2.06. The number of aliphatic hydroxyl groups is 1. The highest BCUT2D eigenvalue weighted by atomic mass is 79.9. The topological polar surface area (TPSA) is 29.5 Å². The normalized spacial score (nSPS) is 13.1. The fraction of sp³-hybridized carbons (Fsp3) is 0.500. The maximum atomic E-state index is 9.18. The van der Waals surface area contributed by atoms with Gasteiger partial charge >= 0.3 is 0 Å². The number of rotatable bonds is 7. The van der Waals surface area contributed by atoms with Gasteiger partial charge in [-0.3, -0.25) is 0 Å². The lowest BCUT2D eigenvalue weighted by atomic mass is 10.2. The van der Waals surface area contributed by atoms with Crippen molar-refractivity contribution in [2.45, 2.75) is 13.8 Å². The lowest BCUT2D eigenvalue weighted by Gasteiger charge is -2.13. The first-order valence-corrected chi connectivity index (χ1v) is 6.09. The maximum Gasteiger partial charge on any atom is 0.124 e. The Morgan fingerprint density at radius 1 is 1.53 bits per heavy atom. The van der Waals surface area contributed by atoms with Crippen molar-refractivity contribution in [2.24, 2.45) is 5.92 Å². The van der Waals surface area contributed by atoms with Gasteiger partial charge in [0.15, 0.2) is 0 Å². The summed E-state index contributed by atoms with van der Waals surface area (Å²) in [6, 6.07) is 0. The van der Waals surface area contributed by atoms with Crippen LogP contribution in [-0.2, 0) is 4.74 Å². The molecule has 0 unspecified atom stereocenters. The summed E-state index contributed by atoms with van der Waals surface area (Å²) in [5.74, 6) is 1.16. The molecule has 0 amide bonds. The van der Waals surface area contributed by atoms with Crippen LogP contribution in [0.3, 0.4) is 0 Å². The van der Waals surface area contributed by atoms with Gasteiger partial charge in [-0.1, -0.05) is 48.5 Å². The van der Waals surface area contributed by atoms with Gasteiger partial charge in [0, 0.05) is 10.9 Å². The van der Waals surface area contributed by atoms with Gasteiger partial charge in [0.2, 0.25) is 0 Å². The van der Waals surface area contributed by atoms with Crippen LogP contribution >= 0.6 is 15.9 Å². The molecule has 0 aliphatic carbocycles. The van der Waals surface area contributed by atoms with E-state index in [-0.39, 0.29) is 6.61 Å². The number of allylic oxidation sites excluding steroid dienone is 3. The maximum absolute atomic E-state index is 9.18. The average molecular weight is 275 g/mol. The van der Waals surface area contributed by atoms with E-state index in [1.54, 1.807) is 12.2 Å². The van der Waals surface area contributed by atoms with E-state index in [9.17, 15) is 5.11 Å². The summed E-state index contributed by atoms with van der Waals surface area (Å²) in [4.78, 5) is 0. The zero-order valence-electron chi connectivity index (χ0n) is 9.37. The highest BCUT2D eigenvalue weighted by molar-refractivity contribution is 9.09. The molecule has 0 aromatic rings. The minimum absolute atomic E-state index is 0.0244. The minimum Gasteiger partial charge on any atom is -0.493 e. The molecule has 1 N–H and O–H groups in total. The van der Waals surface area contributed by atoms with E-state index < -0.39 is 0 Å². The van der Waals surface area contributed by atoms with Gasteiger partial charge in [0.25, 0.3) is 0 Å². The number of alkyl halides is 1. The summed E-state index contributed by atoms with van der Waals surface area (Å²) in [5, 5.41) is 9.87. The van der Waals surface area contributed by atoms with Crippen molar-refractivity contribution in [3.8, 4) is 0 Å². The fourth-order valence-corrected chi connectivity index (χ4v) is 1.34. The molecule has 0 aromatic heterocycles. The van der Waals surface area contributed by atoms with E-state index in [1.165, 1.54) is 0 Å². The minimum atomic E-state index is -0.0244. The summed E-state index contributed by atoms with van der Waals surface area (Å²) >= 11 is 3.29. The summed E-state index contributed by atoms with van der Waals surface area (Å²) in [5.41, 5.74) is 0.785. The second-order valence-corrected chi connectivity index (χ2v) is 4.16. The summed E-state index contributed by atoms with van der Waals surface area (Å²) in [6.45, 7) is 8.40. The molecule has 0 spiro atoms. The molecule has 0 aromatic carbocycles. The van der Waals surface area contributed by atoms with Crippen molar-refractivity contribution in [3.05, 3.63) is 36.1 Å². The number of hydrogen-bond donors (Lipinski definition) is 1. The first-order chi connectivity index (χ1) is 7.15. The summed E-state index contributed by atoms with van der Waals surface area (Å²) in [6.07, 6.45) is 5.32. The van der Waals surface area contributed by atoms with Gasteiger partial charge in [-0.2, -0.15) is 0 Å². The van der Waals surface area contributed by atoms with Crippen molar-refractivity contribution < 1.29 is 9.84 Å². The predicted octanol–water partition coefficient (Wildman–Crippen LogP) is 3.04. The third-order valence-electron chi connectivity index (χ3n) is 1.65. The zero-order valence-corrected chi connectivity index (χ0v) is 11.0. The monoisotopic (exact) mass is 274 g/mol. The van der Waals surface area contributed by atoms with Gasteiger partial charge < -0.3 is 9.84 Å². The van der Waals surface area contributed by atoms with Crippen LogP contribution in [0.5, 0.6) is 0 Å². The Morgan fingerprint density at radius 3 is 2.60 bits per heavy atom. The van der Waals surface area contributed by atoms with Gasteiger partial charge in [-0.05, 0) is 12.0 Å². The zero-order chi connectivity index (χ0) is 11.7. The number of halogens is 1. The highest BCUT2D eigenvalue weighted by Crippen LogP contribution is 2.13. The fourth-order valence-electron chi connectivity index (χ4n) is 0.948. The van der Waals surface area contributed by atoms with Crippen molar-refractivity contribution in [1.29, 1.82) is 0 Å². The van der Waals surface area contributed by atoms with E-state index in [1.807, 2.05) is 6.08 Å². The third kappa shape index (κ3) is 6.52. The van der Waals surface area contributed by atoms with E-state index in [2.05, 4.69) is 36.4 Å². The van der Waals surface area contributed by atoms with Crippen molar-refractivity contribution in [3.63, 3.8) is 0 Å². The first-order valence-electron chi connectivity index (χ1n) is 4.97. The largest absolute Gasteiger partial charge is 0.493 e. The number of hydrogen-bond acceptors (Lipinski definition) is 2. The van der Waals surface area contributed by atoms with E-state index in [0.29, 0.717) is 23.6 Å². The quantitative estimate of drug-likeness (QED) is 0.439. The molecule has 0 fully saturated rings. The van der Waals surface area contributed by atoms with Crippen LogP contribution in [0.2, 0.25) is 0 Å². The molecule has 0 atom stereocenters. The Kier molecular flexibility index (Phi) is 8.43. The molecule has 0 aliphatic heterocycles. The van der Waals surface area contributed by atoms with Crippen LogP contribution in [-0.4, -0.2) is 23.7 Å². The second-order valence-electron chi connectivity index (χ2n) is 3.51. The van der Waals surface area contributed by atoms with Gasteiger partial charge in [0.05, 0.1) is 13.2 Å². The third-order valence-corrected chi connectivity index (χ3v) is 1.98. The Morgan fingerprint density at radius 2 is 2.20 bits per heavy atom. The average Bonchev–Trinajstić information content (AvgIpc) is 2.21. The molecule has 0 bridgehead atoms. The predicted molar refractivity (Wildman–Crippen MR) is 68.0 cm³/mol.